The van der Waals surface area contributed by atoms with Crippen LogP contribution >= 0.6 is 0 Å². The average Bonchev–Trinajstić information content (AvgIpc) is 3.47. The van der Waals surface area contributed by atoms with Crippen molar-refractivity contribution in [1.29, 1.82) is 0 Å². The lowest BCUT2D eigenvalue weighted by atomic mass is 10.0. The Morgan fingerprint density at radius 1 is 1.02 bits per heavy atom. The number of hydrogen-bond acceptors (Lipinski definition) is 7. The first-order valence-corrected chi connectivity index (χ1v) is 14.1. The standard InChI is InChI=1S/C30H36N6O6/c1-19-9-8-13-26(38)36(19)16-14-25(37)33-22-12-6-7-15-31-27(39)23(17-21-10-4-3-5-11-21)34-29(41)24-18-42-30(35-24)20(2)32-28(22)40/h3-5,8-11,13,18,20,22-23H,6-7,12,14-17H2,1-2H3,(H,31,39)(H,32,40)(H,33,37)(H,34,41)/t20-,22-,23-/m0/s1. The SMILES string of the molecule is Cc1cccc(=O)n1CCC(=O)N[C@H]1CCCCNC(=O)[C@H](Cc2ccccc2)NC(=O)c2coc(n2)[C@H](C)NC1=O. The second-order valence-electron chi connectivity index (χ2n) is 10.3. The fourth-order valence-electron chi connectivity index (χ4n) is 4.72. The van der Waals surface area contributed by atoms with Gasteiger partial charge in [0.25, 0.3) is 11.5 Å². The topological polar surface area (TPSA) is 164 Å². The summed E-state index contributed by atoms with van der Waals surface area (Å²) >= 11 is 0. The van der Waals surface area contributed by atoms with Crippen molar-refractivity contribution in [2.24, 2.45) is 0 Å². The molecule has 12 nitrogen and oxygen atoms in total. The summed E-state index contributed by atoms with van der Waals surface area (Å²) in [6.07, 6.45) is 2.89. The van der Waals surface area contributed by atoms with Crippen LogP contribution < -0.4 is 26.8 Å². The molecular formula is C30H36N6O6. The summed E-state index contributed by atoms with van der Waals surface area (Å²) in [5.74, 6) is -1.63. The highest BCUT2D eigenvalue weighted by molar-refractivity contribution is 5.96. The molecule has 1 aliphatic rings. The predicted molar refractivity (Wildman–Crippen MR) is 153 cm³/mol. The Balaban J connectivity index is 1.46. The minimum absolute atomic E-state index is 0.0150. The van der Waals surface area contributed by atoms with Crippen LogP contribution in [0.4, 0.5) is 0 Å². The first kappa shape index (κ1) is 30.2. The Hall–Kier alpha value is -4.74. The Kier molecular flexibility index (Phi) is 10.2. The minimum Gasteiger partial charge on any atom is -0.446 e. The van der Waals surface area contributed by atoms with Crippen LogP contribution in [-0.2, 0) is 27.3 Å². The van der Waals surface area contributed by atoms with Crippen LogP contribution in [-0.4, -0.2) is 51.8 Å². The third-order valence-corrected chi connectivity index (χ3v) is 7.09. The number of fused-ring (bicyclic) bond motifs is 2. The molecule has 2 bridgehead atoms. The van der Waals surface area contributed by atoms with Gasteiger partial charge in [-0.15, -0.1) is 0 Å². The van der Waals surface area contributed by atoms with Crippen molar-refractivity contribution >= 4 is 23.6 Å². The maximum atomic E-state index is 13.2. The summed E-state index contributed by atoms with van der Waals surface area (Å²) < 4.78 is 6.98. The van der Waals surface area contributed by atoms with E-state index in [2.05, 4.69) is 26.3 Å². The predicted octanol–water partition coefficient (Wildman–Crippen LogP) is 1.54. The summed E-state index contributed by atoms with van der Waals surface area (Å²) in [7, 11) is 0. The third-order valence-electron chi connectivity index (χ3n) is 7.09. The number of nitrogens with one attached hydrogen (secondary N) is 4. The summed E-state index contributed by atoms with van der Waals surface area (Å²) in [5.41, 5.74) is 1.39. The van der Waals surface area contributed by atoms with Crippen molar-refractivity contribution in [1.82, 2.24) is 30.8 Å². The number of oxazole rings is 1. The van der Waals surface area contributed by atoms with Crippen LogP contribution in [0.3, 0.4) is 0 Å². The number of amides is 4. The van der Waals surface area contributed by atoms with Gasteiger partial charge in [0, 0.05) is 37.7 Å². The highest BCUT2D eigenvalue weighted by Gasteiger charge is 2.27. The highest BCUT2D eigenvalue weighted by atomic mass is 16.3. The van der Waals surface area contributed by atoms with Gasteiger partial charge < -0.3 is 30.3 Å². The van der Waals surface area contributed by atoms with E-state index in [4.69, 9.17) is 4.42 Å². The van der Waals surface area contributed by atoms with Crippen LogP contribution in [0.25, 0.3) is 0 Å². The molecule has 42 heavy (non-hydrogen) atoms. The molecule has 0 unspecified atom stereocenters. The number of benzene rings is 1. The van der Waals surface area contributed by atoms with Gasteiger partial charge in [0.1, 0.15) is 24.4 Å². The number of aromatic nitrogens is 2. The number of carbonyl (C=O) groups is 4. The minimum atomic E-state index is -0.860. The first-order valence-electron chi connectivity index (χ1n) is 14.1. The number of nitrogens with zero attached hydrogens (tertiary/aromatic N) is 2. The van der Waals surface area contributed by atoms with E-state index in [1.165, 1.54) is 16.9 Å². The van der Waals surface area contributed by atoms with Gasteiger partial charge in [0.15, 0.2) is 5.69 Å². The molecule has 12 heteroatoms. The fraction of sp³-hybridized carbons (Fsp3) is 0.400. The Bertz CT molecular complexity index is 1470. The van der Waals surface area contributed by atoms with Crippen LogP contribution in [0, 0.1) is 6.92 Å². The van der Waals surface area contributed by atoms with E-state index in [0.717, 1.165) is 11.3 Å². The van der Waals surface area contributed by atoms with E-state index in [0.29, 0.717) is 25.8 Å². The van der Waals surface area contributed by atoms with Gasteiger partial charge in [-0.1, -0.05) is 36.4 Å². The lowest BCUT2D eigenvalue weighted by Crippen LogP contribution is -2.49. The normalized spacial score (nSPS) is 20.2. The van der Waals surface area contributed by atoms with Gasteiger partial charge in [-0.3, -0.25) is 24.0 Å². The molecule has 222 valence electrons. The zero-order valence-corrected chi connectivity index (χ0v) is 23.7. The molecule has 0 saturated carbocycles. The summed E-state index contributed by atoms with van der Waals surface area (Å²) in [4.78, 5) is 68.4. The smallest absolute Gasteiger partial charge is 0.273 e. The zero-order valence-electron chi connectivity index (χ0n) is 23.7. The number of carbonyl (C=O) groups excluding carboxylic acids is 4. The Morgan fingerprint density at radius 2 is 1.81 bits per heavy atom. The van der Waals surface area contributed by atoms with E-state index in [-0.39, 0.29) is 48.3 Å². The van der Waals surface area contributed by atoms with Gasteiger partial charge in [0.05, 0.1) is 0 Å². The molecule has 1 aromatic carbocycles. The van der Waals surface area contributed by atoms with Gasteiger partial charge in [-0.25, -0.2) is 4.98 Å². The van der Waals surface area contributed by atoms with Crippen LogP contribution in [0.1, 0.15) is 66.3 Å². The van der Waals surface area contributed by atoms with Crippen molar-refractivity contribution < 1.29 is 23.6 Å². The Morgan fingerprint density at radius 3 is 2.57 bits per heavy atom. The van der Waals surface area contributed by atoms with Gasteiger partial charge in [-0.05, 0) is 44.7 Å². The van der Waals surface area contributed by atoms with Crippen molar-refractivity contribution in [2.75, 3.05) is 6.54 Å². The maximum absolute atomic E-state index is 13.2. The van der Waals surface area contributed by atoms with E-state index >= 15 is 0 Å². The second-order valence-corrected chi connectivity index (χ2v) is 10.3. The monoisotopic (exact) mass is 576 g/mol. The van der Waals surface area contributed by atoms with E-state index in [1.54, 1.807) is 26.0 Å². The molecule has 4 amide bonds. The molecular weight excluding hydrogens is 540 g/mol. The number of aryl methyl sites for hydroxylation is 1. The molecule has 0 aliphatic carbocycles. The van der Waals surface area contributed by atoms with Gasteiger partial charge in [0.2, 0.25) is 23.6 Å². The number of hydrogen-bond donors (Lipinski definition) is 4. The number of rotatable bonds is 6. The van der Waals surface area contributed by atoms with Crippen molar-refractivity contribution in [2.45, 2.75) is 70.6 Å². The molecule has 4 rings (SSSR count). The quantitative estimate of drug-likeness (QED) is 0.346. The zero-order chi connectivity index (χ0) is 30.1. The lowest BCUT2D eigenvalue weighted by Gasteiger charge is -2.21. The van der Waals surface area contributed by atoms with E-state index in [9.17, 15) is 24.0 Å². The molecule has 0 fully saturated rings. The average molecular weight is 577 g/mol. The third kappa shape index (κ3) is 8.15. The molecule has 4 N–H and O–H groups in total. The second kappa shape index (κ2) is 14.2. The molecule has 0 spiro atoms. The molecule has 2 aromatic heterocycles. The highest BCUT2D eigenvalue weighted by Crippen LogP contribution is 2.14. The van der Waals surface area contributed by atoms with Crippen LogP contribution in [0.2, 0.25) is 0 Å². The Labute approximate surface area is 243 Å². The molecule has 3 aromatic rings. The molecule has 3 heterocycles. The first-order chi connectivity index (χ1) is 20.2. The van der Waals surface area contributed by atoms with Crippen molar-refractivity contribution in [3.63, 3.8) is 0 Å². The molecule has 1 aliphatic heterocycles. The van der Waals surface area contributed by atoms with Crippen LogP contribution in [0.5, 0.6) is 0 Å². The maximum Gasteiger partial charge on any atom is 0.273 e. The number of pyridine rings is 1. The van der Waals surface area contributed by atoms with Crippen molar-refractivity contribution in [3.8, 4) is 0 Å². The summed E-state index contributed by atoms with van der Waals surface area (Å²) in [5, 5.41) is 11.2. The van der Waals surface area contributed by atoms with E-state index < -0.39 is 29.9 Å². The van der Waals surface area contributed by atoms with Gasteiger partial charge in [-0.2, -0.15) is 0 Å². The van der Waals surface area contributed by atoms with Crippen LogP contribution in [0.15, 0.2) is 64.0 Å². The molecule has 3 atom stereocenters. The summed E-state index contributed by atoms with van der Waals surface area (Å²) in [6.45, 7) is 3.95. The largest absolute Gasteiger partial charge is 0.446 e. The fourth-order valence-corrected chi connectivity index (χ4v) is 4.72. The lowest BCUT2D eigenvalue weighted by molar-refractivity contribution is -0.129. The molecule has 0 saturated heterocycles. The van der Waals surface area contributed by atoms with Gasteiger partial charge >= 0.3 is 0 Å². The van der Waals surface area contributed by atoms with E-state index in [1.807, 2.05) is 30.3 Å². The van der Waals surface area contributed by atoms with Crippen molar-refractivity contribution in [3.05, 3.63) is 88.0 Å². The summed E-state index contributed by atoms with van der Waals surface area (Å²) in [6, 6.07) is 11.9. The molecule has 0 radical (unpaired) electrons.